The molecular weight excluding hydrogens is 370 g/mol. The Hall–Kier alpha value is -3.48. The van der Waals surface area contributed by atoms with Gasteiger partial charge in [-0.2, -0.15) is 0 Å². The van der Waals surface area contributed by atoms with Crippen LogP contribution >= 0.6 is 0 Å². The fourth-order valence-electron chi connectivity index (χ4n) is 3.14. The van der Waals surface area contributed by atoms with E-state index in [4.69, 9.17) is 9.47 Å². The maximum absolute atomic E-state index is 12.2. The zero-order chi connectivity index (χ0) is 20.6. The van der Waals surface area contributed by atoms with Gasteiger partial charge in [0.25, 0.3) is 0 Å². The maximum atomic E-state index is 12.2. The van der Waals surface area contributed by atoms with Crippen molar-refractivity contribution in [3.8, 4) is 11.5 Å². The van der Waals surface area contributed by atoms with Gasteiger partial charge >= 0.3 is 0 Å². The highest BCUT2D eigenvalue weighted by Crippen LogP contribution is 2.27. The van der Waals surface area contributed by atoms with Gasteiger partial charge in [-0.3, -0.25) is 9.59 Å². The van der Waals surface area contributed by atoms with Gasteiger partial charge in [0.15, 0.2) is 11.5 Å². The Morgan fingerprint density at radius 1 is 0.966 bits per heavy atom. The first kappa shape index (κ1) is 20.3. The molecule has 0 saturated heterocycles. The topological polar surface area (TPSA) is 92.5 Å². The largest absolute Gasteiger partial charge is 0.493 e. The van der Waals surface area contributed by atoms with Crippen LogP contribution in [0.25, 0.3) is 10.9 Å². The molecule has 3 rings (SSSR count). The molecular formula is C22H25N3O4. The first-order chi connectivity index (χ1) is 14.1. The Labute approximate surface area is 169 Å². The van der Waals surface area contributed by atoms with E-state index in [9.17, 15) is 9.59 Å². The number of nitrogens with one attached hydrogen (secondary N) is 3. The number of hydrogen-bond donors (Lipinski definition) is 3. The number of ether oxygens (including phenoxy) is 2. The normalized spacial score (nSPS) is 10.6. The maximum Gasteiger partial charge on any atom is 0.239 e. The molecule has 3 N–H and O–H groups in total. The van der Waals surface area contributed by atoms with Crippen LogP contribution in [0.5, 0.6) is 11.5 Å². The van der Waals surface area contributed by atoms with Crippen molar-refractivity contribution in [2.75, 3.05) is 27.3 Å². The molecule has 0 bridgehead atoms. The number of aromatic nitrogens is 1. The van der Waals surface area contributed by atoms with E-state index in [-0.39, 0.29) is 24.8 Å². The van der Waals surface area contributed by atoms with Gasteiger partial charge in [0.2, 0.25) is 11.8 Å². The van der Waals surface area contributed by atoms with Crippen molar-refractivity contribution < 1.29 is 19.1 Å². The molecule has 0 aliphatic rings. The number of para-hydroxylation sites is 1. The summed E-state index contributed by atoms with van der Waals surface area (Å²) in [5.74, 6) is 0.904. The van der Waals surface area contributed by atoms with E-state index in [1.807, 2.05) is 48.7 Å². The second-order valence-corrected chi connectivity index (χ2v) is 6.60. The smallest absolute Gasteiger partial charge is 0.239 e. The summed E-state index contributed by atoms with van der Waals surface area (Å²) in [5.41, 5.74) is 2.92. The first-order valence-electron chi connectivity index (χ1n) is 9.40. The monoisotopic (exact) mass is 395 g/mol. The summed E-state index contributed by atoms with van der Waals surface area (Å²) in [6.07, 6.45) is 2.70. The summed E-state index contributed by atoms with van der Waals surface area (Å²) in [6.45, 7) is 0.416. The van der Waals surface area contributed by atoms with Gasteiger partial charge < -0.3 is 25.1 Å². The van der Waals surface area contributed by atoms with Gasteiger partial charge in [-0.1, -0.05) is 24.3 Å². The molecule has 2 aromatic carbocycles. The summed E-state index contributed by atoms with van der Waals surface area (Å²) in [6, 6.07) is 13.4. The number of carbonyl (C=O) groups excluding carboxylic acids is 2. The van der Waals surface area contributed by atoms with E-state index in [2.05, 4.69) is 15.6 Å². The number of amides is 2. The number of carbonyl (C=O) groups is 2. The molecule has 152 valence electrons. The number of aromatic amines is 1. The van der Waals surface area contributed by atoms with Crippen LogP contribution in [0.1, 0.15) is 11.1 Å². The second-order valence-electron chi connectivity index (χ2n) is 6.60. The quantitative estimate of drug-likeness (QED) is 0.518. The van der Waals surface area contributed by atoms with E-state index in [1.54, 1.807) is 14.2 Å². The van der Waals surface area contributed by atoms with Gasteiger partial charge in [-0.05, 0) is 35.7 Å². The third-order valence-electron chi connectivity index (χ3n) is 4.66. The molecule has 7 nitrogen and oxygen atoms in total. The Kier molecular flexibility index (Phi) is 6.73. The minimum Gasteiger partial charge on any atom is -0.493 e. The molecule has 0 spiro atoms. The SMILES string of the molecule is COc1ccc(CCNC(=O)CNC(=O)Cc2c[nH]c3ccccc23)cc1OC. The van der Waals surface area contributed by atoms with Gasteiger partial charge in [-0.25, -0.2) is 0 Å². The highest BCUT2D eigenvalue weighted by molar-refractivity contribution is 5.90. The number of rotatable bonds is 9. The van der Waals surface area contributed by atoms with Gasteiger partial charge in [-0.15, -0.1) is 0 Å². The van der Waals surface area contributed by atoms with Crippen LogP contribution in [0.3, 0.4) is 0 Å². The lowest BCUT2D eigenvalue weighted by atomic mass is 10.1. The third-order valence-corrected chi connectivity index (χ3v) is 4.66. The highest BCUT2D eigenvalue weighted by atomic mass is 16.5. The van der Waals surface area contributed by atoms with Crippen molar-refractivity contribution in [3.05, 3.63) is 59.8 Å². The van der Waals surface area contributed by atoms with E-state index in [1.165, 1.54) is 0 Å². The number of fused-ring (bicyclic) bond motifs is 1. The van der Waals surface area contributed by atoms with Crippen molar-refractivity contribution in [2.24, 2.45) is 0 Å². The molecule has 0 atom stereocenters. The number of hydrogen-bond acceptors (Lipinski definition) is 4. The van der Waals surface area contributed by atoms with Crippen LogP contribution in [-0.4, -0.2) is 44.1 Å². The molecule has 0 aliphatic carbocycles. The van der Waals surface area contributed by atoms with E-state index in [0.29, 0.717) is 24.5 Å². The molecule has 0 unspecified atom stereocenters. The molecule has 0 saturated carbocycles. The molecule has 7 heteroatoms. The number of methoxy groups -OCH3 is 2. The van der Waals surface area contributed by atoms with Crippen LogP contribution in [0.4, 0.5) is 0 Å². The van der Waals surface area contributed by atoms with Crippen LogP contribution in [0, 0.1) is 0 Å². The average Bonchev–Trinajstić information content (AvgIpc) is 3.15. The lowest BCUT2D eigenvalue weighted by Crippen LogP contribution is -2.38. The van der Waals surface area contributed by atoms with Crippen molar-refractivity contribution in [1.82, 2.24) is 15.6 Å². The van der Waals surface area contributed by atoms with Crippen molar-refractivity contribution in [1.29, 1.82) is 0 Å². The van der Waals surface area contributed by atoms with E-state index >= 15 is 0 Å². The summed E-state index contributed by atoms with van der Waals surface area (Å²) in [4.78, 5) is 27.3. The predicted molar refractivity (Wildman–Crippen MR) is 111 cm³/mol. The van der Waals surface area contributed by atoms with Gasteiger partial charge in [0.05, 0.1) is 27.2 Å². The Morgan fingerprint density at radius 3 is 2.55 bits per heavy atom. The third kappa shape index (κ3) is 5.28. The van der Waals surface area contributed by atoms with Crippen LogP contribution in [-0.2, 0) is 22.4 Å². The number of benzene rings is 2. The van der Waals surface area contributed by atoms with Crippen molar-refractivity contribution >= 4 is 22.7 Å². The zero-order valence-corrected chi connectivity index (χ0v) is 16.6. The van der Waals surface area contributed by atoms with Crippen molar-refractivity contribution in [3.63, 3.8) is 0 Å². The Morgan fingerprint density at radius 2 is 1.76 bits per heavy atom. The van der Waals surface area contributed by atoms with Crippen LogP contribution in [0.2, 0.25) is 0 Å². The molecule has 0 aliphatic heterocycles. The molecule has 1 aromatic heterocycles. The zero-order valence-electron chi connectivity index (χ0n) is 16.6. The molecule has 2 amide bonds. The molecule has 1 heterocycles. The first-order valence-corrected chi connectivity index (χ1v) is 9.40. The predicted octanol–water partition coefficient (Wildman–Crippen LogP) is 2.20. The molecule has 0 fully saturated rings. The molecule has 3 aromatic rings. The second kappa shape index (κ2) is 9.64. The van der Waals surface area contributed by atoms with E-state index in [0.717, 1.165) is 22.0 Å². The fraction of sp³-hybridized carbons (Fsp3) is 0.273. The summed E-state index contributed by atoms with van der Waals surface area (Å²) < 4.78 is 10.5. The van der Waals surface area contributed by atoms with Gasteiger partial charge in [0.1, 0.15) is 0 Å². The Balaban J connectivity index is 1.41. The number of H-pyrrole nitrogens is 1. The van der Waals surface area contributed by atoms with Crippen LogP contribution in [0.15, 0.2) is 48.7 Å². The highest BCUT2D eigenvalue weighted by Gasteiger charge is 2.10. The van der Waals surface area contributed by atoms with Crippen LogP contribution < -0.4 is 20.1 Å². The summed E-state index contributed by atoms with van der Waals surface area (Å²) in [5, 5.41) is 6.49. The standard InChI is InChI=1S/C22H25N3O4/c1-28-19-8-7-15(11-20(19)29-2)9-10-23-22(27)14-25-21(26)12-16-13-24-18-6-4-3-5-17(16)18/h3-8,11,13,24H,9-10,12,14H2,1-2H3,(H,23,27)(H,25,26). The minimum absolute atomic E-state index is 0.0485. The lowest BCUT2D eigenvalue weighted by Gasteiger charge is -2.10. The van der Waals surface area contributed by atoms with E-state index < -0.39 is 0 Å². The summed E-state index contributed by atoms with van der Waals surface area (Å²) >= 11 is 0. The molecule has 0 radical (unpaired) electrons. The lowest BCUT2D eigenvalue weighted by molar-refractivity contribution is -0.125. The molecule has 29 heavy (non-hydrogen) atoms. The Bertz CT molecular complexity index is 997. The van der Waals surface area contributed by atoms with Gasteiger partial charge in [0, 0.05) is 23.6 Å². The summed E-state index contributed by atoms with van der Waals surface area (Å²) in [7, 11) is 3.17. The fourth-order valence-corrected chi connectivity index (χ4v) is 3.14. The van der Waals surface area contributed by atoms with Crippen molar-refractivity contribution in [2.45, 2.75) is 12.8 Å². The average molecular weight is 395 g/mol. The minimum atomic E-state index is -0.224.